The molecule has 0 unspecified atom stereocenters. The molecule has 1 aromatic rings. The van der Waals surface area contributed by atoms with Crippen molar-refractivity contribution < 1.29 is 9.53 Å². The van der Waals surface area contributed by atoms with E-state index in [4.69, 9.17) is 4.74 Å². The monoisotopic (exact) mass is 329 g/mol. The highest BCUT2D eigenvalue weighted by atomic mass is 32.2. The predicted molar refractivity (Wildman–Crippen MR) is 88.0 cm³/mol. The minimum absolute atomic E-state index is 0.285. The molecule has 2 aliphatic heterocycles. The molecule has 3 rings (SSSR count). The summed E-state index contributed by atoms with van der Waals surface area (Å²) < 4.78 is 6.59. The van der Waals surface area contributed by atoms with Gasteiger partial charge in [-0.1, -0.05) is 18.2 Å². The number of hydrogen-bond donors (Lipinski definition) is 1. The number of fused-ring (bicyclic) bond motifs is 1. The van der Waals surface area contributed by atoms with Crippen molar-refractivity contribution in [2.45, 2.75) is 11.4 Å². The summed E-state index contributed by atoms with van der Waals surface area (Å²) >= 11 is 1.71. The number of carbonyl (C=O) groups is 1. The number of rotatable bonds is 5. The Bertz CT molecular complexity index is 841. The average molecular weight is 329 g/mol. The van der Waals surface area contributed by atoms with E-state index in [1.165, 1.54) is 12.0 Å². The fraction of sp³-hybridized carbons (Fsp3) is 0.188. The first-order valence-corrected chi connectivity index (χ1v) is 8.02. The Hall–Kier alpha value is -2.54. The van der Waals surface area contributed by atoms with Crippen molar-refractivity contribution in [3.05, 3.63) is 58.6 Å². The van der Waals surface area contributed by atoms with Gasteiger partial charge in [0.05, 0.1) is 12.7 Å². The number of benzene rings is 1. The number of esters is 1. The topological polar surface area (TPSA) is 77.0 Å². The third-order valence-electron chi connectivity index (χ3n) is 3.38. The summed E-state index contributed by atoms with van der Waals surface area (Å²) in [6.07, 6.45) is 3.37. The number of aromatic amines is 1. The number of methoxy groups -OCH3 is 1. The molecule has 2 heterocycles. The van der Waals surface area contributed by atoms with Crippen LogP contribution in [0.25, 0.3) is 11.3 Å². The van der Waals surface area contributed by atoms with Gasteiger partial charge in [-0.3, -0.25) is 4.79 Å². The van der Waals surface area contributed by atoms with Crippen molar-refractivity contribution in [2.75, 3.05) is 12.9 Å². The van der Waals surface area contributed by atoms with Crippen LogP contribution in [0.1, 0.15) is 10.4 Å². The Morgan fingerprint density at radius 1 is 1.30 bits per heavy atom. The maximum absolute atomic E-state index is 11.9. The molecule has 0 fully saturated rings. The van der Waals surface area contributed by atoms with Crippen LogP contribution in [0.3, 0.4) is 0 Å². The van der Waals surface area contributed by atoms with E-state index >= 15 is 0 Å². The third-order valence-corrected chi connectivity index (χ3v) is 4.37. The molecule has 7 heteroatoms. The van der Waals surface area contributed by atoms with Crippen LogP contribution in [-0.4, -0.2) is 33.6 Å². The fourth-order valence-corrected chi connectivity index (χ4v) is 3.15. The molecular formula is C16H15N3O3S. The Morgan fingerprint density at radius 2 is 2.09 bits per heavy atom. The predicted octanol–water partition coefficient (Wildman–Crippen LogP) is 2.26. The van der Waals surface area contributed by atoms with Gasteiger partial charge in [-0.25, -0.2) is 9.89 Å². The summed E-state index contributed by atoms with van der Waals surface area (Å²) in [7, 11) is 1.31. The van der Waals surface area contributed by atoms with Crippen molar-refractivity contribution in [3.8, 4) is 11.3 Å². The molecule has 118 valence electrons. The first-order chi connectivity index (χ1) is 11.2. The third kappa shape index (κ3) is 3.29. The maximum atomic E-state index is 11.9. The lowest BCUT2D eigenvalue weighted by Gasteiger charge is -2.11. The summed E-state index contributed by atoms with van der Waals surface area (Å²) in [5.74, 6) is 0.305. The van der Waals surface area contributed by atoms with Crippen molar-refractivity contribution in [1.82, 2.24) is 14.8 Å². The molecule has 23 heavy (non-hydrogen) atoms. The van der Waals surface area contributed by atoms with Crippen molar-refractivity contribution in [3.63, 3.8) is 0 Å². The number of hydrogen-bond acceptors (Lipinski definition) is 5. The van der Waals surface area contributed by atoms with E-state index in [0.29, 0.717) is 17.8 Å². The zero-order valence-electron chi connectivity index (χ0n) is 12.5. The van der Waals surface area contributed by atoms with Gasteiger partial charge in [-0.15, -0.1) is 11.8 Å². The maximum Gasteiger partial charge on any atom is 0.341 e. The normalized spacial score (nSPS) is 10.8. The van der Waals surface area contributed by atoms with Gasteiger partial charge in [0, 0.05) is 29.6 Å². The average Bonchev–Trinajstić information content (AvgIpc) is 2.96. The molecule has 6 nitrogen and oxygen atoms in total. The highest BCUT2D eigenvalue weighted by Gasteiger charge is 2.21. The quantitative estimate of drug-likeness (QED) is 0.574. The SMILES string of the molecule is COC(=O)c1cn(CCSc2ccccc2)cc2c(=O)[nH]nc1-2. The van der Waals surface area contributed by atoms with Crippen molar-refractivity contribution in [1.29, 1.82) is 0 Å². The molecule has 0 aliphatic carbocycles. The number of aryl methyl sites for hydroxylation is 1. The number of H-pyrrole nitrogens is 1. The van der Waals surface area contributed by atoms with Crippen LogP contribution >= 0.6 is 11.8 Å². The Labute approximate surface area is 136 Å². The first-order valence-electron chi connectivity index (χ1n) is 7.03. The second kappa shape index (κ2) is 6.70. The molecule has 0 saturated carbocycles. The van der Waals surface area contributed by atoms with Crippen LogP contribution in [-0.2, 0) is 11.3 Å². The minimum atomic E-state index is -0.508. The van der Waals surface area contributed by atoms with Gasteiger partial charge < -0.3 is 9.30 Å². The zero-order valence-corrected chi connectivity index (χ0v) is 13.3. The number of thioether (sulfide) groups is 1. The van der Waals surface area contributed by atoms with Gasteiger partial charge in [0.1, 0.15) is 11.3 Å². The fourth-order valence-electron chi connectivity index (χ4n) is 2.26. The van der Waals surface area contributed by atoms with Crippen LogP contribution in [0, 0.1) is 0 Å². The number of ether oxygens (including phenoxy) is 1. The molecule has 0 atom stereocenters. The van der Waals surface area contributed by atoms with Crippen LogP contribution < -0.4 is 5.56 Å². The Morgan fingerprint density at radius 3 is 2.83 bits per heavy atom. The zero-order chi connectivity index (χ0) is 16.2. The van der Waals surface area contributed by atoms with Gasteiger partial charge in [0.2, 0.25) is 0 Å². The summed E-state index contributed by atoms with van der Waals surface area (Å²) in [5, 5.41) is 6.27. The Kier molecular flexibility index (Phi) is 4.47. The number of pyridine rings is 1. The lowest BCUT2D eigenvalue weighted by molar-refractivity contribution is 0.0600. The number of nitrogens with zero attached hydrogens (tertiary/aromatic N) is 2. The molecule has 0 spiro atoms. The standard InChI is InChI=1S/C16H15N3O3S/c1-22-16(21)13-10-19(9-12-14(13)17-18-15(12)20)7-8-23-11-5-3-2-4-6-11/h2-6,9-10H,7-8H2,1H3,(H,18,20). The summed E-state index contributed by atoms with van der Waals surface area (Å²) in [6, 6.07) is 10.1. The summed E-state index contributed by atoms with van der Waals surface area (Å²) in [5.41, 5.74) is 0.703. The Balaban J connectivity index is 1.83. The highest BCUT2D eigenvalue weighted by molar-refractivity contribution is 7.99. The van der Waals surface area contributed by atoms with Crippen molar-refractivity contribution in [2.24, 2.45) is 0 Å². The number of nitrogens with one attached hydrogen (secondary N) is 1. The second-order valence-corrected chi connectivity index (χ2v) is 6.05. The minimum Gasteiger partial charge on any atom is -0.465 e. The largest absolute Gasteiger partial charge is 0.465 e. The van der Waals surface area contributed by atoms with E-state index in [0.717, 1.165) is 5.75 Å². The second-order valence-electron chi connectivity index (χ2n) is 4.88. The van der Waals surface area contributed by atoms with E-state index in [9.17, 15) is 9.59 Å². The van der Waals surface area contributed by atoms with Gasteiger partial charge in [0.25, 0.3) is 5.56 Å². The van der Waals surface area contributed by atoms with E-state index in [1.807, 2.05) is 34.9 Å². The molecule has 0 amide bonds. The number of aromatic nitrogens is 3. The molecule has 0 bridgehead atoms. The van der Waals surface area contributed by atoms with Crippen LogP contribution in [0.2, 0.25) is 0 Å². The lowest BCUT2D eigenvalue weighted by Crippen LogP contribution is -2.12. The molecule has 0 saturated heterocycles. The summed E-state index contributed by atoms with van der Waals surface area (Å²) in [4.78, 5) is 24.9. The van der Waals surface area contributed by atoms with Gasteiger partial charge in [0.15, 0.2) is 0 Å². The summed E-state index contributed by atoms with van der Waals surface area (Å²) in [6.45, 7) is 0.657. The molecule has 0 radical (unpaired) electrons. The van der Waals surface area contributed by atoms with E-state index in [2.05, 4.69) is 10.2 Å². The van der Waals surface area contributed by atoms with Crippen LogP contribution in [0.4, 0.5) is 0 Å². The highest BCUT2D eigenvalue weighted by Crippen LogP contribution is 2.22. The van der Waals surface area contributed by atoms with E-state index in [-0.39, 0.29) is 11.1 Å². The lowest BCUT2D eigenvalue weighted by atomic mass is 10.1. The van der Waals surface area contributed by atoms with E-state index in [1.54, 1.807) is 24.2 Å². The van der Waals surface area contributed by atoms with Gasteiger partial charge in [-0.05, 0) is 12.1 Å². The molecule has 0 aromatic heterocycles. The first kappa shape index (κ1) is 15.4. The van der Waals surface area contributed by atoms with Crippen LogP contribution in [0.15, 0.2) is 52.4 Å². The molecule has 2 aliphatic rings. The van der Waals surface area contributed by atoms with E-state index < -0.39 is 5.97 Å². The molecule has 1 aromatic carbocycles. The molecule has 1 N–H and O–H groups in total. The number of carbonyl (C=O) groups excluding carboxylic acids is 1. The molecular weight excluding hydrogens is 314 g/mol. The van der Waals surface area contributed by atoms with Gasteiger partial charge in [-0.2, -0.15) is 5.10 Å². The van der Waals surface area contributed by atoms with Gasteiger partial charge >= 0.3 is 5.97 Å². The smallest absolute Gasteiger partial charge is 0.341 e. The van der Waals surface area contributed by atoms with Crippen molar-refractivity contribution >= 4 is 17.7 Å². The van der Waals surface area contributed by atoms with Crippen LogP contribution in [0.5, 0.6) is 0 Å².